The highest BCUT2D eigenvalue weighted by molar-refractivity contribution is 5.76. The normalized spacial score (nSPS) is 27.8. The molecule has 0 aromatic carbocycles. The van der Waals surface area contributed by atoms with Crippen LogP contribution in [-0.2, 0) is 33.2 Å². The van der Waals surface area contributed by atoms with Gasteiger partial charge in [0.1, 0.15) is 73.2 Å². The smallest absolute Gasteiger partial charge is 0.220 e. The lowest BCUT2D eigenvalue weighted by molar-refractivity contribution is -0.379. The lowest BCUT2D eigenvalue weighted by atomic mass is 9.96. The maximum absolute atomic E-state index is 13.4. The van der Waals surface area contributed by atoms with Gasteiger partial charge in [-0.15, -0.1) is 0 Å². The van der Waals surface area contributed by atoms with Crippen LogP contribution in [0.25, 0.3) is 0 Å². The summed E-state index contributed by atoms with van der Waals surface area (Å²) in [7, 11) is 0. The molecule has 3 aliphatic rings. The van der Waals surface area contributed by atoms with Crippen LogP contribution in [0, 0.1) is 0 Å². The fraction of sp³-hybridized carbons (Fsp3) is 0.679. The van der Waals surface area contributed by atoms with Crippen molar-refractivity contribution in [2.45, 2.75) is 311 Å². The van der Waals surface area contributed by atoms with Gasteiger partial charge in [0, 0.05) is 6.42 Å². The monoisotopic (exact) mass is 1370 g/mol. The van der Waals surface area contributed by atoms with Crippen LogP contribution < -0.4 is 5.32 Å². The number of ether oxygens (including phenoxy) is 6. The van der Waals surface area contributed by atoms with Crippen LogP contribution in [0.3, 0.4) is 0 Å². The average molecular weight is 1370 g/mol. The molecule has 1 amide bonds. The summed E-state index contributed by atoms with van der Waals surface area (Å²) in [4.78, 5) is 13.4. The van der Waals surface area contributed by atoms with E-state index in [1.54, 1.807) is 6.08 Å². The fourth-order valence-electron chi connectivity index (χ4n) is 11.3. The van der Waals surface area contributed by atoms with Crippen LogP contribution in [0.1, 0.15) is 206 Å². The number of allylic oxidation sites excluding steroid dienone is 23. The fourth-order valence-corrected chi connectivity index (χ4v) is 11.3. The molecule has 0 radical (unpaired) electrons. The Hall–Kier alpha value is -4.33. The highest BCUT2D eigenvalue weighted by Gasteiger charge is 2.53. The van der Waals surface area contributed by atoms with Crippen LogP contribution in [0.15, 0.2) is 146 Å². The third kappa shape index (κ3) is 38.3. The maximum Gasteiger partial charge on any atom is 0.220 e. The summed E-state index contributed by atoms with van der Waals surface area (Å²) in [5.74, 6) is -0.314. The predicted molar refractivity (Wildman–Crippen MR) is 382 cm³/mol. The number of hydrogen-bond donors (Lipinski definition) is 12. The van der Waals surface area contributed by atoms with Crippen molar-refractivity contribution in [3.8, 4) is 0 Å². The van der Waals surface area contributed by atoms with Gasteiger partial charge in [0.25, 0.3) is 0 Å². The highest BCUT2D eigenvalue weighted by atomic mass is 16.8. The minimum atomic E-state index is -1.99. The van der Waals surface area contributed by atoms with E-state index in [1.165, 1.54) is 64.2 Å². The second-order valence-electron chi connectivity index (χ2n) is 25.3. The second-order valence-corrected chi connectivity index (χ2v) is 25.3. The first-order valence-corrected chi connectivity index (χ1v) is 36.6. The zero-order valence-corrected chi connectivity index (χ0v) is 58.5. The van der Waals surface area contributed by atoms with Gasteiger partial charge in [0.05, 0.1) is 38.6 Å². The van der Waals surface area contributed by atoms with E-state index >= 15 is 0 Å². The Balaban J connectivity index is 1.39. The molecule has 0 aromatic rings. The molecule has 12 N–H and O–H groups in total. The molecule has 0 aromatic heterocycles. The standard InChI is InChI=1S/C78H127NO18/c1-3-5-7-9-11-13-15-17-19-20-21-22-23-24-25-26-27-28-29-30-31-32-33-34-35-36-37-38-39-40-42-44-46-48-50-52-54-56-66(84)79-61(62(83)55-53-51-49-47-45-43-41-18-16-14-12-10-8-6-4-2)60-92-76-72(90)69(87)74(64(58-81)94-76)97-78-73(91)70(88)75(65(59-82)95-78)96-77-71(89)68(86)67(85)63(57-80)93-77/h5,7,11,13,17,19,21-22,24-25,27-28,30-31,33-34,36-37,39-40,44,46,53,55,61-65,67-78,80-83,85-91H,3-4,6,8-10,12,14-16,18,20,23,26,29,32,35,38,41-43,45,47-52,54,56-60H2,1-2H3,(H,79,84)/b7-5-,13-11-,19-17-,22-21-,25-24-,28-27-,31-30-,34-33-,37-36-,40-39-,46-44-,55-53+. The van der Waals surface area contributed by atoms with Crippen molar-refractivity contribution in [2.75, 3.05) is 26.4 Å². The largest absolute Gasteiger partial charge is 0.394 e. The Bertz CT molecular complexity index is 2320. The van der Waals surface area contributed by atoms with Gasteiger partial charge in [-0.1, -0.05) is 243 Å². The van der Waals surface area contributed by atoms with Crippen LogP contribution in [-0.4, -0.2) is 193 Å². The van der Waals surface area contributed by atoms with E-state index < -0.39 is 124 Å². The second kappa shape index (κ2) is 57.3. The van der Waals surface area contributed by atoms with E-state index in [4.69, 9.17) is 28.4 Å². The van der Waals surface area contributed by atoms with Gasteiger partial charge < -0.3 is 89.9 Å². The Labute approximate surface area is 581 Å². The highest BCUT2D eigenvalue weighted by Crippen LogP contribution is 2.33. The Morgan fingerprint density at radius 2 is 0.711 bits per heavy atom. The molecule has 0 saturated carbocycles. The van der Waals surface area contributed by atoms with Gasteiger partial charge >= 0.3 is 0 Å². The Morgan fingerprint density at radius 3 is 1.11 bits per heavy atom. The van der Waals surface area contributed by atoms with E-state index in [0.717, 1.165) is 116 Å². The quantitative estimate of drug-likeness (QED) is 0.0199. The van der Waals surface area contributed by atoms with E-state index in [-0.39, 0.29) is 18.9 Å². The first-order valence-electron chi connectivity index (χ1n) is 36.6. The van der Waals surface area contributed by atoms with E-state index in [0.29, 0.717) is 6.42 Å². The summed E-state index contributed by atoms with van der Waals surface area (Å²) in [6.45, 7) is 1.57. The Kier molecular flexibility index (Phi) is 51.3. The summed E-state index contributed by atoms with van der Waals surface area (Å²) >= 11 is 0. The average Bonchev–Trinajstić information content (AvgIpc) is 0.789. The van der Waals surface area contributed by atoms with Gasteiger partial charge in [-0.2, -0.15) is 0 Å². The first-order chi connectivity index (χ1) is 47.3. The van der Waals surface area contributed by atoms with Crippen molar-refractivity contribution in [3.05, 3.63) is 146 Å². The number of aliphatic hydroxyl groups is 11. The van der Waals surface area contributed by atoms with Gasteiger partial charge in [-0.3, -0.25) is 4.79 Å². The Morgan fingerprint density at radius 1 is 0.381 bits per heavy atom. The minimum Gasteiger partial charge on any atom is -0.394 e. The summed E-state index contributed by atoms with van der Waals surface area (Å²) in [5, 5.41) is 120. The van der Waals surface area contributed by atoms with Crippen molar-refractivity contribution < 1.29 is 89.4 Å². The molecule has 17 atom stereocenters. The summed E-state index contributed by atoms with van der Waals surface area (Å²) in [6.07, 6.45) is 55.4. The molecule has 0 aliphatic carbocycles. The zero-order chi connectivity index (χ0) is 70.4. The van der Waals surface area contributed by atoms with E-state index in [1.807, 2.05) is 6.08 Å². The van der Waals surface area contributed by atoms with Crippen molar-refractivity contribution in [3.63, 3.8) is 0 Å². The topological polar surface area (TPSA) is 307 Å². The lowest BCUT2D eigenvalue weighted by Crippen LogP contribution is -2.66. The number of carbonyl (C=O) groups is 1. The number of carbonyl (C=O) groups excluding carboxylic acids is 1. The van der Waals surface area contributed by atoms with E-state index in [9.17, 15) is 61.0 Å². The number of nitrogens with one attached hydrogen (secondary N) is 1. The summed E-state index contributed by atoms with van der Waals surface area (Å²) in [5.41, 5.74) is 0. The molecule has 3 aliphatic heterocycles. The van der Waals surface area contributed by atoms with Crippen LogP contribution in [0.5, 0.6) is 0 Å². The molecule has 19 heteroatoms. The molecule has 3 heterocycles. The molecule has 17 unspecified atom stereocenters. The van der Waals surface area contributed by atoms with Crippen LogP contribution >= 0.6 is 0 Å². The first kappa shape index (κ1) is 86.9. The number of hydrogen-bond acceptors (Lipinski definition) is 18. The zero-order valence-electron chi connectivity index (χ0n) is 58.5. The molecule has 3 rings (SSSR count). The molecule has 19 nitrogen and oxygen atoms in total. The summed E-state index contributed by atoms with van der Waals surface area (Å²) in [6, 6.07) is -1.00. The predicted octanol–water partition coefficient (Wildman–Crippen LogP) is 10.7. The van der Waals surface area contributed by atoms with Crippen molar-refractivity contribution in [1.82, 2.24) is 5.32 Å². The number of rotatable bonds is 54. The SMILES string of the molecule is CC/C=C\C/C=C\C/C=C\C/C=C\C/C=C\C/C=C\C/C=C\C/C=C\C/C=C\C/C=C\C/C=C\CCCCCC(=O)NC(COC1OC(CO)C(OC2OC(CO)C(OC3OC(CO)C(O)C(O)C3O)C(O)C2O)C(O)C1O)C(O)/C=C/CCCCCCCCCCCCCCC. The maximum atomic E-state index is 13.4. The molecule has 3 saturated heterocycles. The van der Waals surface area contributed by atoms with Crippen LogP contribution in [0.4, 0.5) is 0 Å². The molecule has 3 fully saturated rings. The molecule has 0 spiro atoms. The number of aliphatic hydroxyl groups excluding tert-OH is 11. The molecule has 0 bridgehead atoms. The molecule has 552 valence electrons. The van der Waals surface area contributed by atoms with Crippen molar-refractivity contribution >= 4 is 5.91 Å². The third-order valence-electron chi connectivity index (χ3n) is 17.1. The van der Waals surface area contributed by atoms with Crippen molar-refractivity contribution in [2.24, 2.45) is 0 Å². The van der Waals surface area contributed by atoms with Gasteiger partial charge in [-0.25, -0.2) is 0 Å². The minimum absolute atomic E-state index is 0.193. The van der Waals surface area contributed by atoms with Gasteiger partial charge in [-0.05, 0) is 103 Å². The van der Waals surface area contributed by atoms with Crippen molar-refractivity contribution in [1.29, 1.82) is 0 Å². The summed E-state index contributed by atoms with van der Waals surface area (Å²) < 4.78 is 34.3. The molecular weight excluding hydrogens is 1240 g/mol. The van der Waals surface area contributed by atoms with Gasteiger partial charge in [0.2, 0.25) is 5.91 Å². The van der Waals surface area contributed by atoms with E-state index in [2.05, 4.69) is 153 Å². The third-order valence-corrected chi connectivity index (χ3v) is 17.1. The van der Waals surface area contributed by atoms with Gasteiger partial charge in [0.15, 0.2) is 18.9 Å². The van der Waals surface area contributed by atoms with Crippen LogP contribution in [0.2, 0.25) is 0 Å². The number of unbranched alkanes of at least 4 members (excludes halogenated alkanes) is 16. The molecule has 97 heavy (non-hydrogen) atoms. The molecular formula is C78H127NO18. The number of amides is 1. The lowest BCUT2D eigenvalue weighted by Gasteiger charge is -2.48.